The van der Waals surface area contributed by atoms with Gasteiger partial charge in [0.05, 0.1) is 12.4 Å². The lowest BCUT2D eigenvalue weighted by Gasteiger charge is -2.39. The van der Waals surface area contributed by atoms with E-state index in [2.05, 4.69) is 82.1 Å². The molecular formula is C23H38N4O2Si. The van der Waals surface area contributed by atoms with E-state index in [1.807, 2.05) is 4.57 Å². The summed E-state index contributed by atoms with van der Waals surface area (Å²) in [5.41, 5.74) is 8.27. The van der Waals surface area contributed by atoms with E-state index in [1.54, 1.807) is 12.5 Å². The third-order valence-corrected chi connectivity index (χ3v) is 10.5. The average molecular weight is 431 g/mol. The highest BCUT2D eigenvalue weighted by Crippen LogP contribution is 2.38. The van der Waals surface area contributed by atoms with Gasteiger partial charge in [-0.1, -0.05) is 39.0 Å². The molecule has 2 rings (SSSR count). The number of rotatable bonds is 10. The third-order valence-electron chi connectivity index (χ3n) is 6.01. The number of nitrogens with two attached hydrogens (primary N) is 1. The number of amides is 1. The molecule has 1 aromatic carbocycles. The van der Waals surface area contributed by atoms with Crippen molar-refractivity contribution in [3.63, 3.8) is 0 Å². The van der Waals surface area contributed by atoms with Gasteiger partial charge in [0.15, 0.2) is 8.32 Å². The normalized spacial score (nSPS) is 13.3. The number of anilines is 1. The topological polar surface area (TPSA) is 73.4 Å². The molecule has 1 atom stereocenters. The summed E-state index contributed by atoms with van der Waals surface area (Å²) in [4.78, 5) is 17.7. The van der Waals surface area contributed by atoms with Crippen molar-refractivity contribution < 1.29 is 9.22 Å². The van der Waals surface area contributed by atoms with Gasteiger partial charge in [0, 0.05) is 32.5 Å². The van der Waals surface area contributed by atoms with Crippen molar-refractivity contribution in [2.24, 2.45) is 5.73 Å². The van der Waals surface area contributed by atoms with Crippen molar-refractivity contribution in [1.82, 2.24) is 9.55 Å². The van der Waals surface area contributed by atoms with Crippen LogP contribution in [0.15, 0.2) is 36.8 Å². The Morgan fingerprint density at radius 3 is 2.50 bits per heavy atom. The van der Waals surface area contributed by atoms with Crippen molar-refractivity contribution in [3.05, 3.63) is 48.0 Å². The van der Waals surface area contributed by atoms with E-state index >= 15 is 0 Å². The molecule has 0 radical (unpaired) electrons. The van der Waals surface area contributed by atoms with E-state index in [9.17, 15) is 4.79 Å². The number of benzene rings is 1. The van der Waals surface area contributed by atoms with Gasteiger partial charge in [-0.05, 0) is 49.0 Å². The molecule has 1 heterocycles. The van der Waals surface area contributed by atoms with Crippen LogP contribution in [-0.2, 0) is 17.4 Å². The van der Waals surface area contributed by atoms with Crippen LogP contribution in [0.5, 0.6) is 0 Å². The second-order valence-corrected chi connectivity index (χ2v) is 14.5. The minimum absolute atomic E-state index is 0.0623. The van der Waals surface area contributed by atoms with Crippen LogP contribution in [0.2, 0.25) is 18.1 Å². The zero-order chi connectivity index (χ0) is 22.5. The molecule has 2 N–H and O–H groups in total. The molecule has 1 aromatic heterocycles. The SMILES string of the molecule is CN(C)c1ccccc1CCCC(Cn1cnc(C(N)=O)c1)O[Si](C)(C)C(C)(C)C. The van der Waals surface area contributed by atoms with Crippen LogP contribution < -0.4 is 10.6 Å². The molecule has 0 aliphatic rings. The van der Waals surface area contributed by atoms with Crippen LogP contribution in [0.1, 0.15) is 49.7 Å². The van der Waals surface area contributed by atoms with E-state index < -0.39 is 14.2 Å². The highest BCUT2D eigenvalue weighted by Gasteiger charge is 2.39. The number of aromatic nitrogens is 2. The summed E-state index contributed by atoms with van der Waals surface area (Å²) in [6, 6.07) is 8.55. The lowest BCUT2D eigenvalue weighted by molar-refractivity contribution is 0.0995. The number of nitrogens with zero attached hydrogens (tertiary/aromatic N) is 3. The first kappa shape index (κ1) is 24.1. The van der Waals surface area contributed by atoms with Gasteiger partial charge >= 0.3 is 0 Å². The fourth-order valence-electron chi connectivity index (χ4n) is 3.28. The Balaban J connectivity index is 2.11. The smallest absolute Gasteiger partial charge is 0.268 e. The number of aryl methyl sites for hydroxylation is 1. The van der Waals surface area contributed by atoms with Crippen molar-refractivity contribution in [2.75, 3.05) is 19.0 Å². The quantitative estimate of drug-likeness (QED) is 0.565. The first-order valence-corrected chi connectivity index (χ1v) is 13.6. The zero-order valence-corrected chi connectivity index (χ0v) is 20.6. The Kier molecular flexibility index (Phi) is 7.88. The van der Waals surface area contributed by atoms with Crippen LogP contribution >= 0.6 is 0 Å². The van der Waals surface area contributed by atoms with Gasteiger partial charge in [0.2, 0.25) is 0 Å². The number of carbonyl (C=O) groups is 1. The number of imidazole rings is 1. The molecule has 0 saturated heterocycles. The molecule has 0 saturated carbocycles. The molecule has 0 bridgehead atoms. The third kappa shape index (κ3) is 6.44. The summed E-state index contributed by atoms with van der Waals surface area (Å²) in [5, 5.41) is 0.135. The maximum atomic E-state index is 11.4. The predicted molar refractivity (Wildman–Crippen MR) is 127 cm³/mol. The van der Waals surface area contributed by atoms with E-state index in [1.165, 1.54) is 11.3 Å². The van der Waals surface area contributed by atoms with Gasteiger partial charge in [-0.15, -0.1) is 0 Å². The zero-order valence-electron chi connectivity index (χ0n) is 19.6. The van der Waals surface area contributed by atoms with Crippen LogP contribution in [-0.4, -0.2) is 44.0 Å². The highest BCUT2D eigenvalue weighted by atomic mass is 28.4. The number of primary amides is 1. The Hall–Kier alpha value is -2.12. The summed E-state index contributed by atoms with van der Waals surface area (Å²) >= 11 is 0. The minimum Gasteiger partial charge on any atom is -0.412 e. The monoisotopic (exact) mass is 430 g/mol. The van der Waals surface area contributed by atoms with Crippen molar-refractivity contribution >= 4 is 19.9 Å². The maximum absolute atomic E-state index is 11.4. The van der Waals surface area contributed by atoms with Crippen LogP contribution in [0.25, 0.3) is 0 Å². The number of para-hydroxylation sites is 1. The van der Waals surface area contributed by atoms with Gasteiger partial charge in [0.25, 0.3) is 5.91 Å². The summed E-state index contributed by atoms with van der Waals surface area (Å²) < 4.78 is 8.68. The lowest BCUT2D eigenvalue weighted by Crippen LogP contribution is -2.45. The number of hydrogen-bond acceptors (Lipinski definition) is 4. The van der Waals surface area contributed by atoms with E-state index in [4.69, 9.17) is 10.2 Å². The first-order chi connectivity index (χ1) is 13.9. The van der Waals surface area contributed by atoms with E-state index in [0.29, 0.717) is 12.2 Å². The number of carbonyl (C=O) groups excluding carboxylic acids is 1. The minimum atomic E-state index is -1.93. The van der Waals surface area contributed by atoms with Crippen LogP contribution in [0, 0.1) is 0 Å². The van der Waals surface area contributed by atoms with Gasteiger partial charge in [0.1, 0.15) is 5.69 Å². The van der Waals surface area contributed by atoms with E-state index in [0.717, 1.165) is 19.3 Å². The molecular weight excluding hydrogens is 392 g/mol. The van der Waals surface area contributed by atoms with Gasteiger partial charge in [-0.25, -0.2) is 4.98 Å². The fraction of sp³-hybridized carbons (Fsp3) is 0.565. The Morgan fingerprint density at radius 2 is 1.93 bits per heavy atom. The maximum Gasteiger partial charge on any atom is 0.268 e. The summed E-state index contributed by atoms with van der Waals surface area (Å²) in [6.45, 7) is 12.0. The van der Waals surface area contributed by atoms with Gasteiger partial charge in [-0.2, -0.15) is 0 Å². The van der Waals surface area contributed by atoms with Crippen molar-refractivity contribution in [2.45, 2.75) is 70.8 Å². The molecule has 1 amide bonds. The molecule has 166 valence electrons. The van der Waals surface area contributed by atoms with Gasteiger partial charge < -0.3 is 19.6 Å². The molecule has 7 heteroatoms. The van der Waals surface area contributed by atoms with Gasteiger partial charge in [-0.3, -0.25) is 4.79 Å². The first-order valence-electron chi connectivity index (χ1n) is 10.7. The van der Waals surface area contributed by atoms with Crippen molar-refractivity contribution in [1.29, 1.82) is 0 Å². The summed E-state index contributed by atoms with van der Waals surface area (Å²) in [5.74, 6) is -0.504. The van der Waals surface area contributed by atoms with Crippen LogP contribution in [0.4, 0.5) is 5.69 Å². The lowest BCUT2D eigenvalue weighted by atomic mass is 10.0. The van der Waals surface area contributed by atoms with E-state index in [-0.39, 0.29) is 11.1 Å². The Morgan fingerprint density at radius 1 is 1.27 bits per heavy atom. The summed E-state index contributed by atoms with van der Waals surface area (Å²) in [7, 11) is 2.23. The second-order valence-electron chi connectivity index (χ2n) is 9.74. The molecule has 0 spiro atoms. The molecule has 1 unspecified atom stereocenters. The number of hydrogen-bond donors (Lipinski definition) is 1. The molecule has 6 nitrogen and oxygen atoms in total. The Labute approximate surface area is 182 Å². The summed E-state index contributed by atoms with van der Waals surface area (Å²) in [6.07, 6.45) is 6.42. The molecule has 0 aliphatic heterocycles. The van der Waals surface area contributed by atoms with Crippen LogP contribution in [0.3, 0.4) is 0 Å². The molecule has 0 aliphatic carbocycles. The molecule has 2 aromatic rings. The standard InChI is InChI=1S/C23H38N4O2Si/c1-23(2,3)30(6,7)29-19(15-27-16-20(22(24)28)25-17-27)13-10-12-18-11-8-9-14-21(18)26(4)5/h8-9,11,14,16-17,19H,10,12-13,15H2,1-7H3,(H2,24,28). The predicted octanol–water partition coefficient (Wildman–Crippen LogP) is 4.46. The molecule has 0 fully saturated rings. The fourth-order valence-corrected chi connectivity index (χ4v) is 4.66. The second kappa shape index (κ2) is 9.79. The van der Waals surface area contributed by atoms with Crippen molar-refractivity contribution in [3.8, 4) is 0 Å². The largest absolute Gasteiger partial charge is 0.412 e. The Bertz CT molecular complexity index is 840. The average Bonchev–Trinajstić information content (AvgIpc) is 3.09. The molecule has 30 heavy (non-hydrogen) atoms. The highest BCUT2D eigenvalue weighted by molar-refractivity contribution is 6.74.